The molecule has 3 aromatic carbocycles. The Balaban J connectivity index is 0.000000252. The number of rotatable bonds is 9. The second-order valence-electron chi connectivity index (χ2n) is 11.8. The molecule has 5 heteroatoms. The van der Waals surface area contributed by atoms with Crippen LogP contribution in [0.25, 0.3) is 0 Å². The molecule has 0 aliphatic rings. The summed E-state index contributed by atoms with van der Waals surface area (Å²) in [6, 6.07) is 32.9. The molecular formula is C30H46OPSi2Sn. The van der Waals surface area contributed by atoms with E-state index in [2.05, 4.69) is 151 Å². The van der Waals surface area contributed by atoms with Crippen LogP contribution in [-0.2, 0) is 4.43 Å². The summed E-state index contributed by atoms with van der Waals surface area (Å²) >= 11 is -1.98. The number of hydrogen-bond acceptors (Lipinski definition) is 1. The monoisotopic (exact) mass is 629 g/mol. The Morgan fingerprint density at radius 2 is 1.03 bits per heavy atom. The molecular weight excluding hydrogens is 582 g/mol. The van der Waals surface area contributed by atoms with Gasteiger partial charge in [-0.05, 0) is 31.5 Å². The van der Waals surface area contributed by atoms with Crippen molar-refractivity contribution in [3.8, 4) is 0 Å². The van der Waals surface area contributed by atoms with Crippen molar-refractivity contribution in [2.24, 2.45) is 5.41 Å². The quantitative estimate of drug-likeness (QED) is 0.178. The topological polar surface area (TPSA) is 9.23 Å². The van der Waals surface area contributed by atoms with E-state index in [1.54, 1.807) is 0 Å². The van der Waals surface area contributed by atoms with Crippen LogP contribution < -0.4 is 10.7 Å². The molecule has 2 atom stereocenters. The molecule has 35 heavy (non-hydrogen) atoms. The molecule has 0 N–H and O–H groups in total. The van der Waals surface area contributed by atoms with Gasteiger partial charge < -0.3 is 4.43 Å². The van der Waals surface area contributed by atoms with Crippen molar-refractivity contribution in [1.82, 2.24) is 0 Å². The van der Waals surface area contributed by atoms with Gasteiger partial charge in [-0.15, -0.1) is 8.13 Å². The van der Waals surface area contributed by atoms with Gasteiger partial charge in [0.25, 0.3) is 0 Å². The van der Waals surface area contributed by atoms with E-state index >= 15 is 0 Å². The summed E-state index contributed by atoms with van der Waals surface area (Å²) < 4.78 is 11.0. The van der Waals surface area contributed by atoms with Gasteiger partial charge in [-0.3, -0.25) is 0 Å². The molecule has 0 fully saturated rings. The van der Waals surface area contributed by atoms with Crippen LogP contribution in [-0.4, -0.2) is 41.7 Å². The maximum absolute atomic E-state index is 6.46. The molecule has 2 unspecified atom stereocenters. The van der Waals surface area contributed by atoms with Crippen molar-refractivity contribution in [2.45, 2.75) is 72.3 Å². The van der Waals surface area contributed by atoms with E-state index in [0.717, 1.165) is 8.13 Å². The Hall–Kier alpha value is -0.718. The molecule has 3 aromatic rings. The fourth-order valence-electron chi connectivity index (χ4n) is 3.63. The van der Waals surface area contributed by atoms with Crippen molar-refractivity contribution in [3.05, 3.63) is 91.0 Å². The van der Waals surface area contributed by atoms with E-state index in [0.29, 0.717) is 11.3 Å². The summed E-state index contributed by atoms with van der Waals surface area (Å²) in [4.78, 5) is 0. The van der Waals surface area contributed by atoms with Crippen LogP contribution in [0.4, 0.5) is 0 Å². The van der Waals surface area contributed by atoms with Crippen LogP contribution in [0.15, 0.2) is 91.0 Å². The molecule has 0 spiro atoms. The van der Waals surface area contributed by atoms with Gasteiger partial charge in [0, 0.05) is 0 Å². The average Bonchev–Trinajstić information content (AvgIpc) is 2.80. The third-order valence-electron chi connectivity index (χ3n) is 5.84. The van der Waals surface area contributed by atoms with E-state index in [1.807, 2.05) is 0 Å². The van der Waals surface area contributed by atoms with Crippen LogP contribution in [0.3, 0.4) is 0 Å². The first-order valence-corrected chi connectivity index (χ1v) is 26.1. The first-order valence-electron chi connectivity index (χ1n) is 12.8. The Labute approximate surface area is 226 Å². The standard InChI is InChI=1S/C12H31OPSi2.3C6H5.Sn/c1-10-12(2,3)11(13-15(4,5)6)14-16(7,8)9;3*1-2-4-6-5-3-1;/h11,14H,10H2,1-9H3;3*1-5H;. The second-order valence-corrected chi connectivity index (χ2v) is 34.0. The third-order valence-corrected chi connectivity index (χ3v) is 20.2. The Kier molecular flexibility index (Phi) is 12.0. The fraction of sp³-hybridized carbons (Fsp3) is 0.400. The Morgan fingerprint density at radius 1 is 0.686 bits per heavy atom. The van der Waals surface area contributed by atoms with Crippen LogP contribution in [0, 0.1) is 5.41 Å². The normalized spacial score (nSPS) is 13.5. The average molecular weight is 629 g/mol. The second kappa shape index (κ2) is 13.7. The minimum atomic E-state index is -1.98. The van der Waals surface area contributed by atoms with Crippen LogP contribution in [0.5, 0.6) is 0 Å². The fourth-order valence-corrected chi connectivity index (χ4v) is 18.8. The van der Waals surface area contributed by atoms with Gasteiger partial charge >= 0.3 is 121 Å². The summed E-state index contributed by atoms with van der Waals surface area (Å²) in [5.41, 5.74) is 0.332. The SMILES string of the molecule is CCC(C)(C)C(O[Si](C)(C)C)P[Si](C)(C)C.c1cc[c]([Sn]([c]2ccccc2)[c]2ccccc2)cc1. The van der Waals surface area contributed by atoms with Gasteiger partial charge in [0.2, 0.25) is 0 Å². The molecule has 0 heterocycles. The number of hydrogen-bond donors (Lipinski definition) is 0. The van der Waals surface area contributed by atoms with E-state index in [1.165, 1.54) is 17.2 Å². The molecule has 0 aliphatic heterocycles. The van der Waals surface area contributed by atoms with E-state index < -0.39 is 35.8 Å². The zero-order valence-corrected chi connectivity index (χ0v) is 29.2. The van der Waals surface area contributed by atoms with Crippen molar-refractivity contribution < 1.29 is 4.43 Å². The summed E-state index contributed by atoms with van der Waals surface area (Å²) in [6.45, 7) is 21.3. The molecule has 189 valence electrons. The molecule has 0 amide bonds. The van der Waals surface area contributed by atoms with Gasteiger partial charge in [-0.25, -0.2) is 0 Å². The van der Waals surface area contributed by atoms with Crippen LogP contribution in [0.1, 0.15) is 27.2 Å². The van der Waals surface area contributed by atoms with E-state index in [-0.39, 0.29) is 0 Å². The number of benzene rings is 3. The molecule has 0 aromatic heterocycles. The molecule has 0 saturated carbocycles. The minimum absolute atomic E-state index is 0.332. The first-order chi connectivity index (χ1) is 16.3. The van der Waals surface area contributed by atoms with Gasteiger partial charge in [-0.2, -0.15) is 0 Å². The molecule has 0 saturated heterocycles. The van der Waals surface area contributed by atoms with Crippen molar-refractivity contribution >= 4 is 54.7 Å². The predicted octanol–water partition coefficient (Wildman–Crippen LogP) is 7.32. The van der Waals surface area contributed by atoms with Crippen LogP contribution in [0.2, 0.25) is 39.3 Å². The van der Waals surface area contributed by atoms with Crippen molar-refractivity contribution in [1.29, 1.82) is 0 Å². The van der Waals surface area contributed by atoms with Gasteiger partial charge in [0.05, 0.1) is 13.6 Å². The first kappa shape index (κ1) is 30.5. The van der Waals surface area contributed by atoms with Gasteiger partial charge in [0.1, 0.15) is 0 Å². The summed E-state index contributed by atoms with van der Waals surface area (Å²) in [7, 11) is -1.42. The van der Waals surface area contributed by atoms with E-state index in [9.17, 15) is 0 Å². The molecule has 3 rings (SSSR count). The van der Waals surface area contributed by atoms with Crippen molar-refractivity contribution in [3.63, 3.8) is 0 Å². The zero-order valence-electron chi connectivity index (χ0n) is 23.4. The molecule has 1 radical (unpaired) electrons. The molecule has 0 bridgehead atoms. The molecule has 0 aliphatic carbocycles. The van der Waals surface area contributed by atoms with E-state index in [4.69, 9.17) is 4.43 Å². The third kappa shape index (κ3) is 11.1. The van der Waals surface area contributed by atoms with Gasteiger partial charge in [0.15, 0.2) is 8.32 Å². The molecule has 1 nitrogen and oxygen atoms in total. The maximum atomic E-state index is 6.46. The van der Waals surface area contributed by atoms with Gasteiger partial charge in [-0.1, -0.05) is 40.4 Å². The van der Waals surface area contributed by atoms with Crippen LogP contribution >= 0.6 is 8.13 Å². The summed E-state index contributed by atoms with van der Waals surface area (Å²) in [5, 5.41) is 0. The Morgan fingerprint density at radius 3 is 1.29 bits per heavy atom. The predicted molar refractivity (Wildman–Crippen MR) is 168 cm³/mol. The summed E-state index contributed by atoms with van der Waals surface area (Å²) in [5.74, 6) is 0.482. The summed E-state index contributed by atoms with van der Waals surface area (Å²) in [6.07, 6.45) is 1.21. The Bertz CT molecular complexity index is 874. The van der Waals surface area contributed by atoms with Crippen molar-refractivity contribution in [2.75, 3.05) is 0 Å². The zero-order chi connectivity index (χ0) is 26.1.